The molecule has 0 aliphatic rings. The van der Waals surface area contributed by atoms with Crippen molar-refractivity contribution in [2.24, 2.45) is 10.9 Å². The summed E-state index contributed by atoms with van der Waals surface area (Å²) in [4.78, 5) is 4.20. The molecule has 0 spiro atoms. The lowest BCUT2D eigenvalue weighted by Gasteiger charge is -2.04. The summed E-state index contributed by atoms with van der Waals surface area (Å²) in [6.07, 6.45) is 1.70. The topological polar surface area (TPSA) is 51.3 Å². The van der Waals surface area contributed by atoms with E-state index in [1.807, 2.05) is 30.3 Å². The highest BCUT2D eigenvalue weighted by atomic mass is 35.5. The molecule has 0 aliphatic heterocycles. The van der Waals surface area contributed by atoms with Gasteiger partial charge in [0.2, 0.25) is 0 Å². The molecule has 2 N–H and O–H groups in total. The Balaban J connectivity index is 2.42. The zero-order chi connectivity index (χ0) is 11.4. The predicted molar refractivity (Wildman–Crippen MR) is 65.5 cm³/mol. The van der Waals surface area contributed by atoms with Crippen LogP contribution < -0.4 is 5.84 Å². The summed E-state index contributed by atoms with van der Waals surface area (Å²) in [5.74, 6) is 5.39. The average Bonchev–Trinajstić information content (AvgIpc) is 2.34. The molecule has 0 radical (unpaired) electrons. The third-order valence-corrected chi connectivity index (χ3v) is 2.41. The highest BCUT2D eigenvalue weighted by Gasteiger charge is 2.07. The second kappa shape index (κ2) is 4.77. The molecule has 0 saturated heterocycles. The van der Waals surface area contributed by atoms with E-state index in [4.69, 9.17) is 17.4 Å². The van der Waals surface area contributed by atoms with E-state index in [2.05, 4.69) is 10.1 Å². The van der Waals surface area contributed by atoms with Crippen LogP contribution in [-0.2, 0) is 0 Å². The van der Waals surface area contributed by atoms with Crippen molar-refractivity contribution in [2.45, 2.75) is 0 Å². The lowest BCUT2D eigenvalue weighted by Crippen LogP contribution is -2.08. The van der Waals surface area contributed by atoms with Gasteiger partial charge >= 0.3 is 0 Å². The Morgan fingerprint density at radius 1 is 1.12 bits per heavy atom. The maximum atomic E-state index is 5.82. The summed E-state index contributed by atoms with van der Waals surface area (Å²) in [5.41, 5.74) is 2.29. The molecule has 0 unspecified atom stereocenters. The first-order valence-corrected chi connectivity index (χ1v) is 5.14. The predicted octanol–water partition coefficient (Wildman–Crippen LogP) is 2.45. The molecule has 0 amide bonds. The lowest BCUT2D eigenvalue weighted by atomic mass is 10.1. The molecule has 4 heteroatoms. The second-order valence-corrected chi connectivity index (χ2v) is 3.64. The Morgan fingerprint density at radius 2 is 1.88 bits per heavy atom. The Labute approximate surface area is 98.6 Å². The van der Waals surface area contributed by atoms with Gasteiger partial charge in [0.15, 0.2) is 0 Å². The molecular weight excluding hydrogens is 222 g/mol. The van der Waals surface area contributed by atoms with Crippen LogP contribution in [-0.4, -0.2) is 10.7 Å². The second-order valence-electron chi connectivity index (χ2n) is 3.20. The SMILES string of the molecule is NN=C(c1ccc(Cl)cc1)c1ccccn1. The van der Waals surface area contributed by atoms with Crippen LogP contribution in [0.25, 0.3) is 0 Å². The fourth-order valence-electron chi connectivity index (χ4n) is 1.40. The average molecular weight is 232 g/mol. The number of aromatic nitrogens is 1. The van der Waals surface area contributed by atoms with Crippen molar-refractivity contribution in [1.29, 1.82) is 0 Å². The largest absolute Gasteiger partial charge is 0.323 e. The molecule has 1 aromatic heterocycles. The monoisotopic (exact) mass is 231 g/mol. The molecule has 3 nitrogen and oxygen atoms in total. The van der Waals surface area contributed by atoms with Crippen molar-refractivity contribution in [2.75, 3.05) is 0 Å². The van der Waals surface area contributed by atoms with Gasteiger partial charge in [0.1, 0.15) is 5.71 Å². The zero-order valence-electron chi connectivity index (χ0n) is 8.47. The summed E-state index contributed by atoms with van der Waals surface area (Å²) < 4.78 is 0. The number of hydrazone groups is 1. The number of nitrogens with two attached hydrogens (primary N) is 1. The Hall–Kier alpha value is -1.87. The van der Waals surface area contributed by atoms with Gasteiger partial charge < -0.3 is 5.84 Å². The van der Waals surface area contributed by atoms with Crippen molar-refractivity contribution in [3.05, 3.63) is 64.9 Å². The molecule has 0 fully saturated rings. The van der Waals surface area contributed by atoms with Gasteiger partial charge in [0, 0.05) is 16.8 Å². The minimum Gasteiger partial charge on any atom is -0.323 e. The number of pyridine rings is 1. The van der Waals surface area contributed by atoms with Crippen LogP contribution in [0.5, 0.6) is 0 Å². The van der Waals surface area contributed by atoms with Crippen LogP contribution in [0, 0.1) is 0 Å². The van der Waals surface area contributed by atoms with Crippen molar-refractivity contribution >= 4 is 17.3 Å². The van der Waals surface area contributed by atoms with E-state index in [9.17, 15) is 0 Å². The smallest absolute Gasteiger partial charge is 0.115 e. The van der Waals surface area contributed by atoms with Crippen LogP contribution in [0.15, 0.2) is 53.8 Å². The van der Waals surface area contributed by atoms with Crippen molar-refractivity contribution < 1.29 is 0 Å². The summed E-state index contributed by atoms with van der Waals surface area (Å²) in [5, 5.41) is 4.45. The third kappa shape index (κ3) is 2.20. The van der Waals surface area contributed by atoms with Crippen LogP contribution in [0.2, 0.25) is 5.02 Å². The van der Waals surface area contributed by atoms with Crippen LogP contribution >= 0.6 is 11.6 Å². The third-order valence-electron chi connectivity index (χ3n) is 2.15. The van der Waals surface area contributed by atoms with Gasteiger partial charge in [0.25, 0.3) is 0 Å². The number of benzene rings is 1. The summed E-state index contributed by atoms with van der Waals surface area (Å²) in [6, 6.07) is 12.9. The molecule has 0 bridgehead atoms. The first kappa shape index (κ1) is 10.6. The minimum atomic E-state index is 0.650. The van der Waals surface area contributed by atoms with E-state index in [0.717, 1.165) is 11.3 Å². The minimum absolute atomic E-state index is 0.650. The van der Waals surface area contributed by atoms with Crippen LogP contribution in [0.1, 0.15) is 11.3 Å². The number of rotatable bonds is 2. The van der Waals surface area contributed by atoms with Gasteiger partial charge in [-0.3, -0.25) is 4.98 Å². The van der Waals surface area contributed by atoms with Gasteiger partial charge in [-0.1, -0.05) is 29.8 Å². The molecule has 1 heterocycles. The van der Waals surface area contributed by atoms with Crippen molar-refractivity contribution in [3.63, 3.8) is 0 Å². The molecular formula is C12H10ClN3. The maximum absolute atomic E-state index is 5.82. The van der Waals surface area contributed by atoms with E-state index in [0.29, 0.717) is 10.7 Å². The fourth-order valence-corrected chi connectivity index (χ4v) is 1.53. The van der Waals surface area contributed by atoms with E-state index in [1.54, 1.807) is 18.3 Å². The maximum Gasteiger partial charge on any atom is 0.115 e. The lowest BCUT2D eigenvalue weighted by molar-refractivity contribution is 1.21. The molecule has 2 aromatic rings. The quantitative estimate of drug-likeness (QED) is 0.490. The standard InChI is InChI=1S/C12H10ClN3/c13-10-6-4-9(5-7-10)12(16-14)11-3-1-2-8-15-11/h1-8H,14H2. The van der Waals surface area contributed by atoms with Crippen LogP contribution in [0.4, 0.5) is 0 Å². The number of hydrogen-bond acceptors (Lipinski definition) is 3. The first-order valence-electron chi connectivity index (χ1n) is 4.76. The number of hydrogen-bond donors (Lipinski definition) is 1. The highest BCUT2D eigenvalue weighted by Crippen LogP contribution is 2.13. The van der Waals surface area contributed by atoms with Crippen molar-refractivity contribution in [3.8, 4) is 0 Å². The van der Waals surface area contributed by atoms with E-state index in [1.165, 1.54) is 0 Å². The van der Waals surface area contributed by atoms with E-state index >= 15 is 0 Å². The highest BCUT2D eigenvalue weighted by molar-refractivity contribution is 6.30. The normalized spacial score (nSPS) is 11.4. The van der Waals surface area contributed by atoms with Gasteiger partial charge in [-0.2, -0.15) is 5.10 Å². The van der Waals surface area contributed by atoms with Gasteiger partial charge in [-0.15, -0.1) is 0 Å². The fraction of sp³-hybridized carbons (Fsp3) is 0. The Bertz CT molecular complexity index is 491. The van der Waals surface area contributed by atoms with E-state index in [-0.39, 0.29) is 0 Å². The summed E-state index contributed by atoms with van der Waals surface area (Å²) >= 11 is 5.82. The first-order chi connectivity index (χ1) is 7.81. The van der Waals surface area contributed by atoms with Gasteiger partial charge in [-0.05, 0) is 24.3 Å². The van der Waals surface area contributed by atoms with Crippen LogP contribution in [0.3, 0.4) is 0 Å². The Kier molecular flexibility index (Phi) is 3.17. The number of halogens is 1. The van der Waals surface area contributed by atoms with Crippen molar-refractivity contribution in [1.82, 2.24) is 4.98 Å². The van der Waals surface area contributed by atoms with E-state index < -0.39 is 0 Å². The molecule has 80 valence electrons. The van der Waals surface area contributed by atoms with Gasteiger partial charge in [-0.25, -0.2) is 0 Å². The molecule has 16 heavy (non-hydrogen) atoms. The molecule has 0 saturated carbocycles. The van der Waals surface area contributed by atoms with Gasteiger partial charge in [0.05, 0.1) is 5.69 Å². The Morgan fingerprint density at radius 3 is 2.44 bits per heavy atom. The molecule has 1 aromatic carbocycles. The molecule has 0 atom stereocenters. The molecule has 2 rings (SSSR count). The zero-order valence-corrected chi connectivity index (χ0v) is 9.22. The summed E-state index contributed by atoms with van der Waals surface area (Å²) in [7, 11) is 0. The summed E-state index contributed by atoms with van der Waals surface area (Å²) in [6.45, 7) is 0. The molecule has 0 aliphatic carbocycles. The number of nitrogens with zero attached hydrogens (tertiary/aromatic N) is 2.